The Morgan fingerprint density at radius 3 is 2.04 bits per heavy atom. The van der Waals surface area contributed by atoms with Crippen LogP contribution in [0.1, 0.15) is 12.5 Å². The summed E-state index contributed by atoms with van der Waals surface area (Å²) in [5.74, 6) is 0.123. The molecule has 0 aromatic carbocycles. The molecule has 3 saturated heterocycles. The molecule has 7 rings (SSSR count). The molecule has 5 N–H and O–H groups in total. The first-order chi connectivity index (χ1) is 20.9. The Labute approximate surface area is 312 Å². The van der Waals surface area contributed by atoms with Crippen LogP contribution in [0, 0.1) is 0 Å². The molecule has 46 heavy (non-hydrogen) atoms. The number of anilines is 2. The summed E-state index contributed by atoms with van der Waals surface area (Å²) in [7, 11) is 0. The molecule has 0 spiro atoms. The Balaban J connectivity index is 0.00000208. The fraction of sp³-hybridized carbons (Fsp3) is 0.500. The summed E-state index contributed by atoms with van der Waals surface area (Å²) in [6.07, 6.45) is -7.19. The van der Waals surface area contributed by atoms with E-state index in [-0.39, 0.29) is 93.1 Å². The van der Waals surface area contributed by atoms with Crippen LogP contribution in [-0.4, -0.2) is 94.0 Å². The minimum atomic E-state index is -4.48. The van der Waals surface area contributed by atoms with Gasteiger partial charge in [-0.2, -0.15) is 0 Å². The normalized spacial score (nSPS) is 36.6. The van der Waals surface area contributed by atoms with E-state index in [0.29, 0.717) is 0 Å². The third-order valence-corrected chi connectivity index (χ3v) is 10.3. The third kappa shape index (κ3) is 6.81. The summed E-state index contributed by atoms with van der Waals surface area (Å²) in [6.45, 7) is -10.2. The minimum Gasteiger partial charge on any atom is -0.780 e. The summed E-state index contributed by atoms with van der Waals surface area (Å²) in [5.41, 5.74) is 12.5. The van der Waals surface area contributed by atoms with Crippen LogP contribution in [0.15, 0.2) is 25.3 Å². The van der Waals surface area contributed by atoms with Crippen LogP contribution in [-0.2, 0) is 56.2 Å². The SMILES string of the molecule is Nc1ncnc2c1ncn2[C@@H]1O[C@@H]2COP([O-])(=S)O[C@@H]3[C@H](O)[C@@H](COP(=O)([S-])O[C@H]2[C@H]1F)O[C@H]3n1cnc2c(N)ncnc21.[Na+].[Na+]. The number of rotatable bonds is 2. The Morgan fingerprint density at radius 2 is 1.43 bits per heavy atom. The molecule has 10 atom stereocenters. The van der Waals surface area contributed by atoms with Gasteiger partial charge in [0, 0.05) is 0 Å². The minimum absolute atomic E-state index is 0. The van der Waals surface area contributed by atoms with Crippen molar-refractivity contribution in [2.45, 2.75) is 49.1 Å². The summed E-state index contributed by atoms with van der Waals surface area (Å²) < 4.78 is 65.5. The number of ether oxygens (including phenoxy) is 2. The van der Waals surface area contributed by atoms with Crippen molar-refractivity contribution in [2.24, 2.45) is 0 Å². The number of fused-ring (bicyclic) bond motifs is 5. The van der Waals surface area contributed by atoms with E-state index in [9.17, 15) is 14.6 Å². The van der Waals surface area contributed by atoms with Crippen molar-refractivity contribution in [1.82, 2.24) is 39.0 Å². The Kier molecular flexibility index (Phi) is 11.2. The van der Waals surface area contributed by atoms with Gasteiger partial charge in [-0.3, -0.25) is 13.7 Å². The van der Waals surface area contributed by atoms with Crippen LogP contribution in [0.5, 0.6) is 0 Å². The van der Waals surface area contributed by atoms with Crippen molar-refractivity contribution in [3.63, 3.8) is 0 Å². The maximum atomic E-state index is 16.0. The maximum Gasteiger partial charge on any atom is 1.00 e. The fourth-order valence-corrected chi connectivity index (χ4v) is 7.99. The Bertz CT molecular complexity index is 1850. The maximum absolute atomic E-state index is 16.0. The number of nitrogens with zero attached hydrogens (tertiary/aromatic N) is 8. The first-order valence-electron chi connectivity index (χ1n) is 12.7. The van der Waals surface area contributed by atoms with Crippen molar-refractivity contribution in [2.75, 3.05) is 24.7 Å². The predicted molar refractivity (Wildman–Crippen MR) is 149 cm³/mol. The smallest absolute Gasteiger partial charge is 0.780 e. The van der Waals surface area contributed by atoms with Gasteiger partial charge < -0.3 is 61.3 Å². The molecule has 0 saturated carbocycles. The quantitative estimate of drug-likeness (QED) is 0.0982. The summed E-state index contributed by atoms with van der Waals surface area (Å²) >= 11 is 10.2. The molecule has 7 heterocycles. The number of hydrogen-bond acceptors (Lipinski definition) is 19. The second kappa shape index (κ2) is 14.0. The van der Waals surface area contributed by atoms with Gasteiger partial charge in [0.2, 0.25) is 0 Å². The standard InChI is InChI=1S/C20H23FN10O9P2S2.2Na/c21-9-13-8(38-19(9)30-5-28-10-15(22)24-3-26-17(10)30)2-36-42(34,44)40-14-12(32)7(1-35-41(33,43)39-13)37-20(14)31-6-29-11-16(23)25-4-27-18(11)31;;/h3-9,12-14,19-20,32H,1-2H2,(H,33,43)(H,34,44)(H2,22,24,26)(H2,23,25,27);;/q;2*+1/p-2/t7-,8-,9-,12-,13-,14-,19-,20-,41?,42?;;/m1../s1. The van der Waals surface area contributed by atoms with Crippen molar-refractivity contribution < 1.29 is 106 Å². The molecule has 2 bridgehead atoms. The Hall–Kier alpha value is -0.460. The summed E-state index contributed by atoms with van der Waals surface area (Å²) in [6, 6.07) is 0. The van der Waals surface area contributed by atoms with Crippen molar-refractivity contribution in [3.8, 4) is 0 Å². The molecule has 0 radical (unpaired) electrons. The van der Waals surface area contributed by atoms with Crippen LogP contribution in [0.2, 0.25) is 0 Å². The van der Waals surface area contributed by atoms with Crippen molar-refractivity contribution >= 4 is 71.5 Å². The number of hydrogen-bond donors (Lipinski definition) is 3. The molecule has 3 aliphatic heterocycles. The van der Waals surface area contributed by atoms with E-state index < -0.39 is 75.9 Å². The fourth-order valence-electron chi connectivity index (χ4n) is 5.17. The third-order valence-electron chi connectivity index (χ3n) is 7.20. The van der Waals surface area contributed by atoms with E-state index in [2.05, 4.69) is 29.9 Å². The topological polar surface area (TPSA) is 255 Å². The van der Waals surface area contributed by atoms with E-state index in [0.717, 1.165) is 6.33 Å². The predicted octanol–water partition coefficient (Wildman–Crippen LogP) is -6.61. The van der Waals surface area contributed by atoms with E-state index in [1.807, 2.05) is 0 Å². The van der Waals surface area contributed by atoms with Crippen LogP contribution in [0.3, 0.4) is 0 Å². The van der Waals surface area contributed by atoms with Gasteiger partial charge in [-0.25, -0.2) is 34.3 Å². The molecule has 0 amide bonds. The number of nitrogens with two attached hydrogens (primary N) is 2. The number of aliphatic hydroxyl groups excluding tert-OH is 1. The zero-order chi connectivity index (χ0) is 31.0. The van der Waals surface area contributed by atoms with Crippen LogP contribution in [0.4, 0.5) is 16.0 Å². The molecule has 19 nitrogen and oxygen atoms in total. The molecule has 4 aromatic heterocycles. The molecular weight excluding hydrogens is 715 g/mol. The molecule has 26 heteroatoms. The second-order valence-corrected chi connectivity index (χ2v) is 15.3. The molecule has 3 aliphatic rings. The van der Waals surface area contributed by atoms with E-state index in [1.165, 1.54) is 28.1 Å². The zero-order valence-electron chi connectivity index (χ0n) is 23.9. The van der Waals surface area contributed by atoms with Gasteiger partial charge in [0.15, 0.2) is 48.4 Å². The van der Waals surface area contributed by atoms with Gasteiger partial charge in [-0.1, -0.05) is 11.8 Å². The zero-order valence-corrected chi connectivity index (χ0v) is 31.3. The van der Waals surface area contributed by atoms with Gasteiger partial charge in [0.25, 0.3) is 0 Å². The molecule has 236 valence electrons. The Morgan fingerprint density at radius 1 is 0.891 bits per heavy atom. The van der Waals surface area contributed by atoms with E-state index in [4.69, 9.17) is 63.1 Å². The first kappa shape index (κ1) is 36.8. The number of aliphatic hydroxyl groups is 1. The number of alkyl halides is 1. The molecule has 0 aliphatic carbocycles. The van der Waals surface area contributed by atoms with Gasteiger partial charge >= 0.3 is 59.1 Å². The van der Waals surface area contributed by atoms with Crippen LogP contribution >= 0.6 is 13.5 Å². The number of imidazole rings is 2. The average molecular weight is 737 g/mol. The van der Waals surface area contributed by atoms with E-state index in [1.54, 1.807) is 0 Å². The van der Waals surface area contributed by atoms with Gasteiger partial charge in [0.1, 0.15) is 60.9 Å². The monoisotopic (exact) mass is 736 g/mol. The largest absolute Gasteiger partial charge is 1.00 e. The second-order valence-electron chi connectivity index (χ2n) is 9.86. The molecular formula is C20H21FN10Na2O9P2S2. The van der Waals surface area contributed by atoms with Gasteiger partial charge in [0.05, 0.1) is 25.9 Å². The molecule has 3 fully saturated rings. The first-order valence-corrected chi connectivity index (χ1v) is 17.8. The van der Waals surface area contributed by atoms with Gasteiger partial charge in [-0.05, 0) is 0 Å². The molecule has 2 unspecified atom stereocenters. The van der Waals surface area contributed by atoms with Crippen molar-refractivity contribution in [1.29, 1.82) is 0 Å². The summed E-state index contributed by atoms with van der Waals surface area (Å²) in [4.78, 5) is 37.7. The number of halogens is 1. The van der Waals surface area contributed by atoms with Gasteiger partial charge in [-0.15, -0.1) is 0 Å². The molecule has 4 aromatic rings. The average Bonchev–Trinajstić information content (AvgIpc) is 3.73. The van der Waals surface area contributed by atoms with Crippen molar-refractivity contribution in [3.05, 3.63) is 25.3 Å². The van der Waals surface area contributed by atoms with E-state index >= 15 is 4.39 Å². The van der Waals surface area contributed by atoms with Crippen LogP contribution < -0.4 is 75.5 Å². The number of aromatic nitrogens is 8. The summed E-state index contributed by atoms with van der Waals surface area (Å²) in [5, 5.41) is 11.1. The number of nitrogen functional groups attached to an aromatic ring is 2. The van der Waals surface area contributed by atoms with Crippen LogP contribution in [0.25, 0.3) is 22.3 Å².